The molecule has 0 unspecified atom stereocenters. The highest BCUT2D eigenvalue weighted by molar-refractivity contribution is 9.10. The van der Waals surface area contributed by atoms with E-state index in [-0.39, 0.29) is 28.4 Å². The predicted molar refractivity (Wildman–Crippen MR) is 96.8 cm³/mol. The van der Waals surface area contributed by atoms with Gasteiger partial charge < -0.3 is 9.84 Å². The average molecular weight is 439 g/mol. The fourth-order valence-electron chi connectivity index (χ4n) is 1.88. The van der Waals surface area contributed by atoms with E-state index in [0.717, 1.165) is 24.4 Å². The van der Waals surface area contributed by atoms with Crippen LogP contribution >= 0.6 is 15.9 Å². The van der Waals surface area contributed by atoms with E-state index < -0.39 is 22.4 Å². The minimum atomic E-state index is -0.667. The smallest absolute Gasteiger partial charge is 0.278 e. The van der Waals surface area contributed by atoms with Crippen LogP contribution in [0.25, 0.3) is 0 Å². The summed E-state index contributed by atoms with van der Waals surface area (Å²) in [6.45, 7) is -0.449. The van der Waals surface area contributed by atoms with Crippen LogP contribution in [0.4, 0.5) is 11.4 Å². The number of phenolic OH excluding ortho intramolecular Hbond substituents is 1. The topological polar surface area (TPSA) is 157 Å². The number of nitro benzene ring substituents is 2. The highest BCUT2D eigenvalue weighted by Gasteiger charge is 2.13. The Labute approximate surface area is 159 Å². The summed E-state index contributed by atoms with van der Waals surface area (Å²) in [6.07, 6.45) is 1.01. The molecule has 2 N–H and O–H groups in total. The van der Waals surface area contributed by atoms with Crippen molar-refractivity contribution in [3.8, 4) is 11.5 Å². The number of rotatable bonds is 7. The lowest BCUT2D eigenvalue weighted by atomic mass is 10.2. The van der Waals surface area contributed by atoms with Gasteiger partial charge in [-0.3, -0.25) is 25.0 Å². The number of nitro groups is 2. The first-order valence-corrected chi connectivity index (χ1v) is 7.93. The number of hydrogen-bond acceptors (Lipinski definition) is 8. The predicted octanol–water partition coefficient (Wildman–Crippen LogP) is 2.50. The largest absolute Gasteiger partial charge is 0.508 e. The molecular formula is C15H11BrN4O7. The van der Waals surface area contributed by atoms with Gasteiger partial charge in [0.05, 0.1) is 26.1 Å². The van der Waals surface area contributed by atoms with E-state index >= 15 is 0 Å². The molecule has 0 spiro atoms. The van der Waals surface area contributed by atoms with Gasteiger partial charge in [-0.05, 0) is 34.1 Å². The Morgan fingerprint density at radius 2 is 1.96 bits per heavy atom. The molecule has 0 aliphatic rings. The van der Waals surface area contributed by atoms with Crippen molar-refractivity contribution in [2.75, 3.05) is 6.61 Å². The van der Waals surface area contributed by atoms with Crippen molar-refractivity contribution in [3.63, 3.8) is 0 Å². The zero-order valence-corrected chi connectivity index (χ0v) is 15.0. The molecule has 1 amide bonds. The Balaban J connectivity index is 1.95. The molecule has 2 aromatic carbocycles. The quantitative estimate of drug-likeness (QED) is 0.381. The van der Waals surface area contributed by atoms with E-state index in [0.29, 0.717) is 4.47 Å². The summed E-state index contributed by atoms with van der Waals surface area (Å²) in [5, 5.41) is 34.5. The summed E-state index contributed by atoms with van der Waals surface area (Å²) < 4.78 is 5.51. The van der Waals surface area contributed by atoms with E-state index in [1.54, 1.807) is 0 Å². The van der Waals surface area contributed by atoms with Crippen molar-refractivity contribution in [1.29, 1.82) is 0 Å². The molecule has 0 saturated carbocycles. The van der Waals surface area contributed by atoms with Gasteiger partial charge in [-0.25, -0.2) is 5.43 Å². The van der Waals surface area contributed by atoms with Crippen LogP contribution < -0.4 is 10.2 Å². The molecule has 2 aromatic rings. The van der Waals surface area contributed by atoms with Gasteiger partial charge in [0.25, 0.3) is 17.3 Å². The molecule has 12 heteroatoms. The van der Waals surface area contributed by atoms with E-state index in [9.17, 15) is 30.1 Å². The van der Waals surface area contributed by atoms with Crippen molar-refractivity contribution < 1.29 is 24.5 Å². The van der Waals surface area contributed by atoms with Crippen molar-refractivity contribution in [2.45, 2.75) is 0 Å². The second-order valence-electron chi connectivity index (χ2n) is 4.95. The van der Waals surface area contributed by atoms with Crippen LogP contribution in [-0.2, 0) is 4.79 Å². The Morgan fingerprint density at radius 1 is 1.22 bits per heavy atom. The van der Waals surface area contributed by atoms with Crippen molar-refractivity contribution in [2.24, 2.45) is 5.10 Å². The van der Waals surface area contributed by atoms with E-state index in [4.69, 9.17) is 4.74 Å². The molecule has 0 fully saturated rings. The Morgan fingerprint density at radius 3 is 2.59 bits per heavy atom. The average Bonchev–Trinajstić information content (AvgIpc) is 2.60. The molecule has 0 heterocycles. The summed E-state index contributed by atoms with van der Waals surface area (Å²) in [6, 6.07) is 7.16. The minimum absolute atomic E-state index is 0.000619. The number of hydrogen-bond donors (Lipinski definition) is 2. The lowest BCUT2D eigenvalue weighted by molar-refractivity contribution is -0.385. The van der Waals surface area contributed by atoms with Gasteiger partial charge in [-0.2, -0.15) is 5.10 Å². The molecule has 0 radical (unpaired) electrons. The first-order chi connectivity index (χ1) is 12.8. The maximum Gasteiger partial charge on any atom is 0.278 e. The number of phenols is 1. The number of ether oxygens (including phenoxy) is 1. The van der Waals surface area contributed by atoms with Crippen LogP contribution in [0, 0.1) is 20.2 Å². The highest BCUT2D eigenvalue weighted by atomic mass is 79.9. The number of hydrazone groups is 1. The zero-order chi connectivity index (χ0) is 20.0. The molecule has 0 aliphatic carbocycles. The molecule has 140 valence electrons. The first-order valence-electron chi connectivity index (χ1n) is 7.14. The lowest BCUT2D eigenvalue weighted by Crippen LogP contribution is -2.24. The molecule has 0 aliphatic heterocycles. The number of carbonyl (C=O) groups excluding carboxylic acids is 1. The summed E-state index contributed by atoms with van der Waals surface area (Å²) in [4.78, 5) is 32.0. The summed E-state index contributed by atoms with van der Waals surface area (Å²) >= 11 is 3.10. The molecule has 0 aromatic heterocycles. The fraction of sp³-hybridized carbons (Fsp3) is 0.0667. The van der Waals surface area contributed by atoms with Gasteiger partial charge in [-0.15, -0.1) is 0 Å². The van der Waals surface area contributed by atoms with Gasteiger partial charge in [0.1, 0.15) is 11.5 Å². The van der Waals surface area contributed by atoms with Gasteiger partial charge in [-0.1, -0.05) is 0 Å². The van der Waals surface area contributed by atoms with Crippen LogP contribution in [-0.4, -0.2) is 33.7 Å². The van der Waals surface area contributed by atoms with Crippen molar-refractivity contribution >= 4 is 39.4 Å². The standard InChI is InChI=1S/C15H11BrN4O7/c16-12-6-10(19(23)24)1-4-14(12)27-8-15(22)18-17-7-9-5-11(21)2-3-13(9)20(25)26/h1-7,21H,8H2,(H,18,22)/b17-7+. The Bertz CT molecular complexity index is 932. The molecule has 0 saturated heterocycles. The Kier molecular flexibility index (Phi) is 6.38. The fourth-order valence-corrected chi connectivity index (χ4v) is 2.36. The maximum atomic E-state index is 11.7. The van der Waals surface area contributed by atoms with Crippen LogP contribution in [0.2, 0.25) is 0 Å². The first kappa shape index (κ1) is 19.8. The molecule has 11 nitrogen and oxygen atoms in total. The molecule has 27 heavy (non-hydrogen) atoms. The number of aromatic hydroxyl groups is 1. The van der Waals surface area contributed by atoms with Crippen molar-refractivity contribution in [1.82, 2.24) is 5.43 Å². The SMILES string of the molecule is O=C(COc1ccc([N+](=O)[O-])cc1Br)N/N=C/c1cc(O)ccc1[N+](=O)[O-]. The van der Waals surface area contributed by atoms with Crippen molar-refractivity contribution in [3.05, 3.63) is 66.7 Å². The monoisotopic (exact) mass is 438 g/mol. The van der Waals surface area contributed by atoms with Crippen LogP contribution in [0.5, 0.6) is 11.5 Å². The summed E-state index contributed by atoms with van der Waals surface area (Å²) in [5.41, 5.74) is 1.68. The van der Waals surface area contributed by atoms with Gasteiger partial charge in [0.15, 0.2) is 6.61 Å². The molecule has 2 rings (SSSR count). The number of nitrogens with zero attached hydrogens (tertiary/aromatic N) is 3. The van der Waals surface area contributed by atoms with Crippen LogP contribution in [0.1, 0.15) is 5.56 Å². The highest BCUT2D eigenvalue weighted by Crippen LogP contribution is 2.29. The van der Waals surface area contributed by atoms with Gasteiger partial charge >= 0.3 is 0 Å². The van der Waals surface area contributed by atoms with Crippen LogP contribution in [0.15, 0.2) is 46.0 Å². The summed E-state index contributed by atoms with van der Waals surface area (Å²) in [7, 11) is 0. The number of benzene rings is 2. The number of nitrogens with one attached hydrogen (secondary N) is 1. The van der Waals surface area contributed by atoms with Crippen LogP contribution in [0.3, 0.4) is 0 Å². The third-order valence-electron chi connectivity index (χ3n) is 3.09. The number of halogens is 1. The minimum Gasteiger partial charge on any atom is -0.508 e. The second kappa shape index (κ2) is 8.71. The second-order valence-corrected chi connectivity index (χ2v) is 5.81. The normalized spacial score (nSPS) is 10.6. The molecule has 0 bridgehead atoms. The van der Waals surface area contributed by atoms with Gasteiger partial charge in [0, 0.05) is 18.2 Å². The Hall–Kier alpha value is -3.54. The third-order valence-corrected chi connectivity index (χ3v) is 3.71. The lowest BCUT2D eigenvalue weighted by Gasteiger charge is -2.06. The van der Waals surface area contributed by atoms with E-state index in [2.05, 4.69) is 26.5 Å². The maximum absolute atomic E-state index is 11.7. The number of amides is 1. The third kappa shape index (κ3) is 5.47. The molecule has 0 atom stereocenters. The zero-order valence-electron chi connectivity index (χ0n) is 13.4. The van der Waals surface area contributed by atoms with Gasteiger partial charge in [0.2, 0.25) is 0 Å². The summed E-state index contributed by atoms with van der Waals surface area (Å²) in [5.74, 6) is -0.651. The van der Waals surface area contributed by atoms with E-state index in [1.165, 1.54) is 18.2 Å². The molecular weight excluding hydrogens is 428 g/mol. The van der Waals surface area contributed by atoms with E-state index in [1.807, 2.05) is 0 Å². The number of non-ortho nitro benzene ring substituents is 1. The number of carbonyl (C=O) groups is 1.